The number of allylic oxidation sites excluding steroid dienone is 1. The summed E-state index contributed by atoms with van der Waals surface area (Å²) in [5, 5.41) is 0.254. The fourth-order valence-corrected chi connectivity index (χ4v) is 4.18. The summed E-state index contributed by atoms with van der Waals surface area (Å²) in [6.07, 6.45) is 2.84. The van der Waals surface area contributed by atoms with Crippen molar-refractivity contribution in [2.24, 2.45) is 5.92 Å². The fraction of sp³-hybridized carbons (Fsp3) is 0.875. The standard InChI is InChI=1S/C16H30O2Si/c1-11(2)12-9-13-16(6,17-13)14(10-12)18-19(7,8)15(3,4)5/h12-14H,1,9-10H2,2-8H3/t12-,13+,14-,16-/m1/s1. The third-order valence-electron chi connectivity index (χ3n) is 5.55. The minimum Gasteiger partial charge on any atom is -0.411 e. The van der Waals surface area contributed by atoms with E-state index in [1.807, 2.05) is 0 Å². The number of fused-ring (bicyclic) bond motifs is 1. The second-order valence-corrected chi connectivity index (χ2v) is 12.9. The van der Waals surface area contributed by atoms with Crippen molar-refractivity contribution in [3.8, 4) is 0 Å². The van der Waals surface area contributed by atoms with Gasteiger partial charge >= 0.3 is 0 Å². The van der Waals surface area contributed by atoms with Crippen LogP contribution in [0, 0.1) is 5.92 Å². The highest BCUT2D eigenvalue weighted by atomic mass is 28.4. The highest BCUT2D eigenvalue weighted by Gasteiger charge is 2.63. The molecule has 0 aromatic rings. The Balaban J connectivity index is 2.12. The molecule has 4 atom stereocenters. The molecular formula is C16H30O2Si. The molecule has 1 heterocycles. The summed E-state index contributed by atoms with van der Waals surface area (Å²) < 4.78 is 12.6. The number of epoxide rings is 1. The molecule has 1 aliphatic heterocycles. The first-order valence-electron chi connectivity index (χ1n) is 7.48. The summed E-state index contributed by atoms with van der Waals surface area (Å²) in [6, 6.07) is 0. The van der Waals surface area contributed by atoms with E-state index >= 15 is 0 Å². The van der Waals surface area contributed by atoms with Crippen LogP contribution in [0.1, 0.15) is 47.5 Å². The molecule has 110 valence electrons. The van der Waals surface area contributed by atoms with Crippen molar-refractivity contribution in [3.63, 3.8) is 0 Å². The zero-order valence-corrected chi connectivity index (χ0v) is 14.7. The van der Waals surface area contributed by atoms with Gasteiger partial charge in [-0.1, -0.05) is 32.9 Å². The molecule has 19 heavy (non-hydrogen) atoms. The summed E-state index contributed by atoms with van der Waals surface area (Å²) in [5.74, 6) is 0.565. The minimum absolute atomic E-state index is 0.0263. The molecule has 0 radical (unpaired) electrons. The fourth-order valence-electron chi connectivity index (χ4n) is 2.78. The van der Waals surface area contributed by atoms with Crippen molar-refractivity contribution in [2.75, 3.05) is 0 Å². The van der Waals surface area contributed by atoms with Crippen LogP contribution in [0.3, 0.4) is 0 Å². The molecule has 0 unspecified atom stereocenters. The Labute approximate surface area is 119 Å². The molecule has 0 bridgehead atoms. The smallest absolute Gasteiger partial charge is 0.192 e. The summed E-state index contributed by atoms with van der Waals surface area (Å²) in [6.45, 7) is 20.1. The Morgan fingerprint density at radius 2 is 1.89 bits per heavy atom. The van der Waals surface area contributed by atoms with E-state index in [2.05, 4.69) is 54.3 Å². The summed E-state index contributed by atoms with van der Waals surface area (Å²) >= 11 is 0. The van der Waals surface area contributed by atoms with Gasteiger partial charge in [0.25, 0.3) is 0 Å². The number of hydrogen-bond donors (Lipinski definition) is 0. The van der Waals surface area contributed by atoms with Gasteiger partial charge in [-0.15, -0.1) is 0 Å². The second-order valence-electron chi connectivity index (χ2n) is 8.17. The van der Waals surface area contributed by atoms with E-state index in [1.54, 1.807) is 0 Å². The second kappa shape index (κ2) is 4.44. The Kier molecular flexibility index (Phi) is 3.57. The molecular weight excluding hydrogens is 252 g/mol. The van der Waals surface area contributed by atoms with Crippen molar-refractivity contribution in [1.29, 1.82) is 0 Å². The lowest BCUT2D eigenvalue weighted by atomic mass is 9.78. The first-order chi connectivity index (χ1) is 8.47. The van der Waals surface area contributed by atoms with Crippen LogP contribution in [0.25, 0.3) is 0 Å². The molecule has 0 N–H and O–H groups in total. The molecule has 0 spiro atoms. The van der Waals surface area contributed by atoms with Crippen LogP contribution >= 0.6 is 0 Å². The Morgan fingerprint density at radius 1 is 1.32 bits per heavy atom. The lowest BCUT2D eigenvalue weighted by molar-refractivity contribution is 0.0732. The number of ether oxygens (including phenoxy) is 1. The minimum atomic E-state index is -1.73. The predicted molar refractivity (Wildman–Crippen MR) is 82.9 cm³/mol. The summed E-state index contributed by atoms with van der Waals surface area (Å²) in [5.41, 5.74) is 1.25. The van der Waals surface area contributed by atoms with Crippen LogP contribution in [0.2, 0.25) is 18.1 Å². The largest absolute Gasteiger partial charge is 0.411 e. The quantitative estimate of drug-likeness (QED) is 0.431. The van der Waals surface area contributed by atoms with E-state index in [4.69, 9.17) is 9.16 Å². The maximum absolute atomic E-state index is 6.65. The maximum Gasteiger partial charge on any atom is 0.192 e. The Hall–Kier alpha value is -0.123. The lowest BCUT2D eigenvalue weighted by Gasteiger charge is -2.42. The molecule has 0 aromatic heterocycles. The molecule has 0 amide bonds. The molecule has 0 aromatic carbocycles. The van der Waals surface area contributed by atoms with Crippen molar-refractivity contribution in [3.05, 3.63) is 12.2 Å². The SMILES string of the molecule is C=C(C)[C@@H]1C[C@@H]2O[C@@]2(C)[C@H](O[Si](C)(C)C(C)(C)C)C1. The molecule has 1 saturated heterocycles. The van der Waals surface area contributed by atoms with Gasteiger partial charge in [-0.3, -0.25) is 0 Å². The summed E-state index contributed by atoms with van der Waals surface area (Å²) in [7, 11) is -1.73. The average Bonchev–Trinajstić information content (AvgIpc) is 2.87. The Bertz CT molecular complexity index is 383. The molecule has 2 fully saturated rings. The van der Waals surface area contributed by atoms with E-state index in [9.17, 15) is 0 Å². The van der Waals surface area contributed by atoms with Crippen LogP contribution in [0.15, 0.2) is 12.2 Å². The van der Waals surface area contributed by atoms with Gasteiger partial charge in [0.1, 0.15) is 5.60 Å². The zero-order chi connectivity index (χ0) is 14.6. The van der Waals surface area contributed by atoms with Crippen LogP contribution in [0.4, 0.5) is 0 Å². The van der Waals surface area contributed by atoms with E-state index < -0.39 is 8.32 Å². The number of rotatable bonds is 3. The van der Waals surface area contributed by atoms with Crippen LogP contribution in [-0.2, 0) is 9.16 Å². The third kappa shape index (κ3) is 2.70. The molecule has 1 saturated carbocycles. The van der Waals surface area contributed by atoms with Gasteiger partial charge in [0.2, 0.25) is 0 Å². The maximum atomic E-state index is 6.65. The third-order valence-corrected chi connectivity index (χ3v) is 10.0. The van der Waals surface area contributed by atoms with Gasteiger partial charge in [-0.05, 0) is 50.7 Å². The van der Waals surface area contributed by atoms with Gasteiger partial charge in [0, 0.05) is 0 Å². The van der Waals surface area contributed by atoms with E-state index in [-0.39, 0.29) is 16.7 Å². The van der Waals surface area contributed by atoms with Crippen LogP contribution in [0.5, 0.6) is 0 Å². The zero-order valence-electron chi connectivity index (χ0n) is 13.7. The van der Waals surface area contributed by atoms with Crippen LogP contribution in [-0.4, -0.2) is 26.1 Å². The highest BCUT2D eigenvalue weighted by Crippen LogP contribution is 2.53. The monoisotopic (exact) mass is 282 g/mol. The van der Waals surface area contributed by atoms with Gasteiger partial charge in [-0.2, -0.15) is 0 Å². The molecule has 2 rings (SSSR count). The van der Waals surface area contributed by atoms with E-state index in [0.29, 0.717) is 12.0 Å². The van der Waals surface area contributed by atoms with Crippen molar-refractivity contribution < 1.29 is 9.16 Å². The van der Waals surface area contributed by atoms with Crippen molar-refractivity contribution in [1.82, 2.24) is 0 Å². The van der Waals surface area contributed by atoms with Gasteiger partial charge < -0.3 is 9.16 Å². The molecule has 3 heteroatoms. The predicted octanol–water partition coefficient (Wildman–Crippen LogP) is 4.52. The Morgan fingerprint density at radius 3 is 2.37 bits per heavy atom. The topological polar surface area (TPSA) is 21.8 Å². The lowest BCUT2D eigenvalue weighted by Crippen LogP contribution is -2.50. The van der Waals surface area contributed by atoms with Crippen molar-refractivity contribution >= 4 is 8.32 Å². The molecule has 2 nitrogen and oxygen atoms in total. The first-order valence-corrected chi connectivity index (χ1v) is 10.4. The van der Waals surface area contributed by atoms with Crippen molar-refractivity contribution in [2.45, 2.75) is 83.4 Å². The van der Waals surface area contributed by atoms with Gasteiger partial charge in [0.15, 0.2) is 8.32 Å². The highest BCUT2D eigenvalue weighted by molar-refractivity contribution is 6.74. The summed E-state index contributed by atoms with van der Waals surface area (Å²) in [4.78, 5) is 0. The molecule has 1 aliphatic carbocycles. The average molecular weight is 282 g/mol. The number of hydrogen-bond acceptors (Lipinski definition) is 2. The first kappa shape index (κ1) is 15.3. The normalized spacial score (nSPS) is 38.8. The molecule has 2 aliphatic rings. The van der Waals surface area contributed by atoms with Gasteiger partial charge in [0.05, 0.1) is 12.2 Å². The van der Waals surface area contributed by atoms with E-state index in [0.717, 1.165) is 12.8 Å². The van der Waals surface area contributed by atoms with Crippen LogP contribution < -0.4 is 0 Å². The van der Waals surface area contributed by atoms with Gasteiger partial charge in [-0.25, -0.2) is 0 Å². The van der Waals surface area contributed by atoms with E-state index in [1.165, 1.54) is 5.57 Å².